The first-order chi connectivity index (χ1) is 9.63. The summed E-state index contributed by atoms with van der Waals surface area (Å²) in [6.07, 6.45) is 6.84. The first-order valence-corrected chi connectivity index (χ1v) is 6.46. The van der Waals surface area contributed by atoms with Crippen molar-refractivity contribution in [3.05, 3.63) is 29.3 Å². The molecule has 0 saturated heterocycles. The van der Waals surface area contributed by atoms with E-state index in [0.717, 1.165) is 30.6 Å². The van der Waals surface area contributed by atoms with E-state index >= 15 is 0 Å². The van der Waals surface area contributed by atoms with Crippen LogP contribution in [0.15, 0.2) is 18.2 Å². The van der Waals surface area contributed by atoms with Crippen molar-refractivity contribution in [2.24, 2.45) is 0 Å². The Labute approximate surface area is 117 Å². The number of hydrogen-bond donors (Lipinski definition) is 3. The second-order valence-electron chi connectivity index (χ2n) is 4.63. The quantitative estimate of drug-likeness (QED) is 0.721. The van der Waals surface area contributed by atoms with Crippen LogP contribution in [0.25, 0.3) is 0 Å². The molecule has 1 aliphatic rings. The molecule has 1 unspecified atom stereocenters. The van der Waals surface area contributed by atoms with Gasteiger partial charge in [-0.15, -0.1) is 12.3 Å². The Hall–Kier alpha value is -2.48. The van der Waals surface area contributed by atoms with Crippen molar-refractivity contribution in [2.75, 3.05) is 11.9 Å². The number of aliphatic carboxylic acids is 1. The minimum Gasteiger partial charge on any atom is -0.480 e. The van der Waals surface area contributed by atoms with Gasteiger partial charge in [0.15, 0.2) is 0 Å². The van der Waals surface area contributed by atoms with Gasteiger partial charge in [0, 0.05) is 24.2 Å². The Bertz CT molecular complexity index is 575. The maximum absolute atomic E-state index is 12.2. The van der Waals surface area contributed by atoms with E-state index in [1.807, 2.05) is 6.07 Å². The third-order valence-corrected chi connectivity index (χ3v) is 3.27. The van der Waals surface area contributed by atoms with Crippen molar-refractivity contribution in [3.63, 3.8) is 0 Å². The summed E-state index contributed by atoms with van der Waals surface area (Å²) in [6, 6.07) is 4.35. The van der Waals surface area contributed by atoms with Crippen LogP contribution in [-0.4, -0.2) is 29.6 Å². The monoisotopic (exact) mass is 272 g/mol. The number of carboxylic acids is 1. The highest BCUT2D eigenvalue weighted by atomic mass is 16.4. The Balaban J connectivity index is 2.21. The minimum atomic E-state index is -1.13. The second kappa shape index (κ2) is 6.11. The number of benzene rings is 1. The van der Waals surface area contributed by atoms with Crippen LogP contribution < -0.4 is 10.6 Å². The fraction of sp³-hybridized carbons (Fsp3) is 0.333. The van der Waals surface area contributed by atoms with Crippen molar-refractivity contribution in [1.82, 2.24) is 5.32 Å². The number of carboxylic acid groups (broad SMARTS) is 1. The molecule has 0 aromatic heterocycles. The highest BCUT2D eigenvalue weighted by Crippen LogP contribution is 2.25. The van der Waals surface area contributed by atoms with Crippen molar-refractivity contribution in [2.45, 2.75) is 25.3 Å². The number of hydrogen-bond acceptors (Lipinski definition) is 3. The molecule has 5 heteroatoms. The largest absolute Gasteiger partial charge is 0.480 e. The molecule has 1 atom stereocenters. The number of carbonyl (C=O) groups is 2. The minimum absolute atomic E-state index is 0.0334. The van der Waals surface area contributed by atoms with E-state index in [1.54, 1.807) is 12.1 Å². The number of fused-ring (bicyclic) bond motifs is 1. The number of anilines is 1. The molecule has 1 aromatic rings. The first-order valence-electron chi connectivity index (χ1n) is 6.46. The summed E-state index contributed by atoms with van der Waals surface area (Å²) < 4.78 is 0. The number of carbonyl (C=O) groups excluding carboxylic acids is 1. The van der Waals surface area contributed by atoms with E-state index in [1.165, 1.54) is 0 Å². The third kappa shape index (κ3) is 2.91. The van der Waals surface area contributed by atoms with Crippen LogP contribution in [0.3, 0.4) is 0 Å². The molecule has 104 valence electrons. The van der Waals surface area contributed by atoms with Crippen LogP contribution in [0.5, 0.6) is 0 Å². The van der Waals surface area contributed by atoms with Crippen molar-refractivity contribution in [3.8, 4) is 12.3 Å². The van der Waals surface area contributed by atoms with Gasteiger partial charge < -0.3 is 15.7 Å². The number of terminal acetylenes is 1. The van der Waals surface area contributed by atoms with Gasteiger partial charge in [-0.2, -0.15) is 0 Å². The van der Waals surface area contributed by atoms with Crippen LogP contribution in [0.2, 0.25) is 0 Å². The fourth-order valence-corrected chi connectivity index (χ4v) is 2.28. The van der Waals surface area contributed by atoms with Gasteiger partial charge in [0.05, 0.1) is 0 Å². The van der Waals surface area contributed by atoms with Gasteiger partial charge in [-0.05, 0) is 30.5 Å². The Morgan fingerprint density at radius 3 is 3.00 bits per heavy atom. The standard InChI is InChI=1S/C15H16N2O3/c1-2-5-13(15(19)20)17-14(18)11-6-3-8-12-10(11)7-4-9-16-12/h1,3,6,8,13,16H,4-5,7,9H2,(H,17,18)(H,19,20). The average Bonchev–Trinajstić information content (AvgIpc) is 2.46. The van der Waals surface area contributed by atoms with E-state index in [2.05, 4.69) is 16.6 Å². The van der Waals surface area contributed by atoms with Gasteiger partial charge in [-0.3, -0.25) is 4.79 Å². The number of amides is 1. The normalized spacial score (nSPS) is 14.3. The summed E-state index contributed by atoms with van der Waals surface area (Å²) in [6.45, 7) is 0.882. The van der Waals surface area contributed by atoms with E-state index in [9.17, 15) is 9.59 Å². The molecular weight excluding hydrogens is 256 g/mol. The Morgan fingerprint density at radius 2 is 2.30 bits per heavy atom. The molecule has 1 aliphatic heterocycles. The summed E-state index contributed by atoms with van der Waals surface area (Å²) >= 11 is 0. The van der Waals surface area contributed by atoms with Crippen molar-refractivity contribution in [1.29, 1.82) is 0 Å². The third-order valence-electron chi connectivity index (χ3n) is 3.27. The summed E-state index contributed by atoms with van der Waals surface area (Å²) in [5.41, 5.74) is 2.38. The average molecular weight is 272 g/mol. The van der Waals surface area contributed by atoms with Crippen LogP contribution in [0.1, 0.15) is 28.8 Å². The molecule has 1 heterocycles. The smallest absolute Gasteiger partial charge is 0.327 e. The molecular formula is C15H16N2O3. The fourth-order valence-electron chi connectivity index (χ4n) is 2.28. The maximum atomic E-state index is 12.2. The van der Waals surface area contributed by atoms with Gasteiger partial charge in [0.1, 0.15) is 6.04 Å². The number of nitrogens with one attached hydrogen (secondary N) is 2. The molecule has 5 nitrogen and oxygen atoms in total. The molecule has 0 spiro atoms. The molecule has 20 heavy (non-hydrogen) atoms. The molecule has 2 rings (SSSR count). The topological polar surface area (TPSA) is 78.4 Å². The highest BCUT2D eigenvalue weighted by Gasteiger charge is 2.22. The Kier molecular flexibility index (Phi) is 4.26. The van der Waals surface area contributed by atoms with Gasteiger partial charge >= 0.3 is 5.97 Å². The van der Waals surface area contributed by atoms with E-state index in [0.29, 0.717) is 5.56 Å². The van der Waals surface area contributed by atoms with Gasteiger partial charge in [-0.1, -0.05) is 6.07 Å². The zero-order valence-electron chi connectivity index (χ0n) is 11.0. The molecule has 1 aromatic carbocycles. The zero-order valence-corrected chi connectivity index (χ0v) is 11.0. The summed E-state index contributed by atoms with van der Waals surface area (Å²) in [5, 5.41) is 14.7. The predicted octanol–water partition coefficient (Wildman–Crippen LogP) is 1.25. The Morgan fingerprint density at radius 1 is 1.50 bits per heavy atom. The molecule has 3 N–H and O–H groups in total. The van der Waals surface area contributed by atoms with Gasteiger partial charge in [-0.25, -0.2) is 4.79 Å². The molecule has 0 saturated carbocycles. The van der Waals surface area contributed by atoms with Crippen LogP contribution >= 0.6 is 0 Å². The lowest BCUT2D eigenvalue weighted by atomic mass is 9.97. The molecule has 1 amide bonds. The predicted molar refractivity (Wildman–Crippen MR) is 75.6 cm³/mol. The lowest BCUT2D eigenvalue weighted by Crippen LogP contribution is -2.41. The van der Waals surface area contributed by atoms with Gasteiger partial charge in [0.2, 0.25) is 0 Å². The lowest BCUT2D eigenvalue weighted by Gasteiger charge is -2.21. The van der Waals surface area contributed by atoms with Crippen molar-refractivity contribution >= 4 is 17.6 Å². The molecule has 0 radical (unpaired) electrons. The summed E-state index contributed by atoms with van der Waals surface area (Å²) in [7, 11) is 0. The molecule has 0 bridgehead atoms. The maximum Gasteiger partial charge on any atom is 0.327 e. The number of rotatable bonds is 4. The summed E-state index contributed by atoms with van der Waals surface area (Å²) in [5.74, 6) is 0.739. The summed E-state index contributed by atoms with van der Waals surface area (Å²) in [4.78, 5) is 23.3. The van der Waals surface area contributed by atoms with E-state index in [-0.39, 0.29) is 6.42 Å². The lowest BCUT2D eigenvalue weighted by molar-refractivity contribution is -0.139. The van der Waals surface area contributed by atoms with E-state index < -0.39 is 17.9 Å². The zero-order chi connectivity index (χ0) is 14.5. The van der Waals surface area contributed by atoms with E-state index in [4.69, 9.17) is 11.5 Å². The van der Waals surface area contributed by atoms with Crippen molar-refractivity contribution < 1.29 is 14.7 Å². The second-order valence-corrected chi connectivity index (χ2v) is 4.63. The van der Waals surface area contributed by atoms with Crippen LogP contribution in [0.4, 0.5) is 5.69 Å². The van der Waals surface area contributed by atoms with Crippen LogP contribution in [0, 0.1) is 12.3 Å². The molecule has 0 fully saturated rings. The molecule has 0 aliphatic carbocycles. The first kappa shape index (κ1) is 13.9. The highest BCUT2D eigenvalue weighted by molar-refractivity contribution is 5.99. The van der Waals surface area contributed by atoms with Gasteiger partial charge in [0.25, 0.3) is 5.91 Å². The SMILES string of the molecule is C#CCC(NC(=O)c1cccc2c1CCCN2)C(=O)O. The van der Waals surface area contributed by atoms with Crippen LogP contribution in [-0.2, 0) is 11.2 Å².